The maximum Gasteiger partial charge on any atom is 0.261 e. The molecule has 0 radical (unpaired) electrons. The first-order valence-corrected chi connectivity index (χ1v) is 8.71. The Balaban J connectivity index is 1.61. The number of hydrogen-bond donors (Lipinski definition) is 1. The van der Waals surface area contributed by atoms with Gasteiger partial charge in [-0.1, -0.05) is 59.6 Å². The lowest BCUT2D eigenvalue weighted by Gasteiger charge is -2.13. The zero-order chi connectivity index (χ0) is 18.5. The van der Waals surface area contributed by atoms with Gasteiger partial charge in [-0.3, -0.25) is 4.79 Å². The fourth-order valence-electron chi connectivity index (χ4n) is 2.51. The van der Waals surface area contributed by atoms with Crippen LogP contribution in [-0.4, -0.2) is 21.8 Å². The standard InChI is InChI=1S/C20H20ClN3O2/c1-14-7-6-8-16(11-14)12-22-19(25)15(2)26-20-18(21)13-24(23-20)17-9-4-3-5-10-17/h3-11,13,15H,12H2,1-2H3,(H,22,25). The fourth-order valence-corrected chi connectivity index (χ4v) is 2.68. The zero-order valence-corrected chi connectivity index (χ0v) is 15.4. The topological polar surface area (TPSA) is 56.1 Å². The molecule has 26 heavy (non-hydrogen) atoms. The summed E-state index contributed by atoms with van der Waals surface area (Å²) < 4.78 is 7.27. The number of rotatable bonds is 6. The molecule has 1 N–H and O–H groups in total. The van der Waals surface area contributed by atoms with Gasteiger partial charge in [0.15, 0.2) is 6.10 Å². The Labute approximate surface area is 157 Å². The van der Waals surface area contributed by atoms with E-state index in [-0.39, 0.29) is 11.8 Å². The molecule has 6 heteroatoms. The van der Waals surface area contributed by atoms with Crippen molar-refractivity contribution >= 4 is 17.5 Å². The van der Waals surface area contributed by atoms with Gasteiger partial charge in [0, 0.05) is 6.54 Å². The lowest BCUT2D eigenvalue weighted by atomic mass is 10.1. The molecule has 0 bridgehead atoms. The Bertz CT molecular complexity index is 893. The van der Waals surface area contributed by atoms with Crippen molar-refractivity contribution in [1.29, 1.82) is 0 Å². The van der Waals surface area contributed by atoms with Crippen molar-refractivity contribution in [2.45, 2.75) is 26.5 Å². The molecule has 0 aliphatic heterocycles. The number of hydrogen-bond acceptors (Lipinski definition) is 3. The summed E-state index contributed by atoms with van der Waals surface area (Å²) in [6.45, 7) is 4.13. The quantitative estimate of drug-likeness (QED) is 0.716. The van der Waals surface area contributed by atoms with Crippen molar-refractivity contribution < 1.29 is 9.53 Å². The number of halogens is 1. The van der Waals surface area contributed by atoms with Gasteiger partial charge in [0.2, 0.25) is 0 Å². The number of nitrogens with zero attached hydrogens (tertiary/aromatic N) is 2. The molecular weight excluding hydrogens is 350 g/mol. The first-order chi connectivity index (χ1) is 12.5. The molecule has 0 aliphatic rings. The summed E-state index contributed by atoms with van der Waals surface area (Å²) in [7, 11) is 0. The molecule has 2 aromatic carbocycles. The van der Waals surface area contributed by atoms with Crippen LogP contribution in [-0.2, 0) is 11.3 Å². The lowest BCUT2D eigenvalue weighted by molar-refractivity contribution is -0.127. The van der Waals surface area contributed by atoms with Crippen LogP contribution in [0.4, 0.5) is 0 Å². The van der Waals surface area contributed by atoms with Crippen LogP contribution in [0.3, 0.4) is 0 Å². The number of aryl methyl sites for hydroxylation is 1. The molecule has 5 nitrogen and oxygen atoms in total. The summed E-state index contributed by atoms with van der Waals surface area (Å²) in [5.74, 6) is 0.00515. The third-order valence-corrected chi connectivity index (χ3v) is 4.13. The second-order valence-corrected chi connectivity index (χ2v) is 6.44. The highest BCUT2D eigenvalue weighted by Gasteiger charge is 2.18. The van der Waals surface area contributed by atoms with Crippen LogP contribution >= 0.6 is 11.6 Å². The molecule has 3 rings (SSSR count). The van der Waals surface area contributed by atoms with Crippen LogP contribution in [0.25, 0.3) is 5.69 Å². The second kappa shape index (κ2) is 8.06. The van der Waals surface area contributed by atoms with Crippen LogP contribution in [0.1, 0.15) is 18.1 Å². The van der Waals surface area contributed by atoms with Gasteiger partial charge in [-0.2, -0.15) is 0 Å². The highest BCUT2D eigenvalue weighted by molar-refractivity contribution is 6.31. The molecule has 0 saturated heterocycles. The summed E-state index contributed by atoms with van der Waals surface area (Å²) in [6, 6.07) is 17.5. The van der Waals surface area contributed by atoms with E-state index in [1.165, 1.54) is 0 Å². The maximum absolute atomic E-state index is 12.3. The molecule has 0 saturated carbocycles. The normalized spacial score (nSPS) is 11.8. The number of para-hydroxylation sites is 1. The monoisotopic (exact) mass is 369 g/mol. The molecule has 1 aromatic heterocycles. The minimum atomic E-state index is -0.712. The summed E-state index contributed by atoms with van der Waals surface area (Å²) in [6.07, 6.45) is 0.945. The van der Waals surface area contributed by atoms with Crippen molar-refractivity contribution in [1.82, 2.24) is 15.1 Å². The molecule has 0 aliphatic carbocycles. The molecule has 3 aromatic rings. The SMILES string of the molecule is Cc1cccc(CNC(=O)C(C)Oc2nn(-c3ccccc3)cc2Cl)c1. The van der Waals surface area contributed by atoms with Gasteiger partial charge < -0.3 is 10.1 Å². The predicted octanol–water partition coefficient (Wildman–Crippen LogP) is 3.92. The number of amides is 1. The minimum Gasteiger partial charge on any atom is -0.462 e. The van der Waals surface area contributed by atoms with Crippen molar-refractivity contribution in [2.24, 2.45) is 0 Å². The molecule has 134 valence electrons. The van der Waals surface area contributed by atoms with E-state index in [4.69, 9.17) is 16.3 Å². The smallest absolute Gasteiger partial charge is 0.261 e. The molecule has 1 amide bonds. The van der Waals surface area contributed by atoms with E-state index >= 15 is 0 Å². The van der Waals surface area contributed by atoms with Gasteiger partial charge in [-0.05, 0) is 31.5 Å². The van der Waals surface area contributed by atoms with Gasteiger partial charge in [-0.15, -0.1) is 5.10 Å². The van der Waals surface area contributed by atoms with Crippen molar-refractivity contribution in [2.75, 3.05) is 0 Å². The fraction of sp³-hybridized carbons (Fsp3) is 0.200. The Morgan fingerprint density at radius 1 is 1.23 bits per heavy atom. The van der Waals surface area contributed by atoms with E-state index < -0.39 is 6.10 Å². The number of benzene rings is 2. The number of nitrogens with one attached hydrogen (secondary N) is 1. The summed E-state index contributed by atoms with van der Waals surface area (Å²) in [5.41, 5.74) is 3.05. The molecule has 1 atom stereocenters. The minimum absolute atomic E-state index is 0.225. The van der Waals surface area contributed by atoms with Crippen LogP contribution in [0.2, 0.25) is 5.02 Å². The Kier molecular flexibility index (Phi) is 5.58. The Hall–Kier alpha value is -2.79. The van der Waals surface area contributed by atoms with E-state index in [1.54, 1.807) is 17.8 Å². The Morgan fingerprint density at radius 2 is 2.00 bits per heavy atom. The van der Waals surface area contributed by atoms with Crippen LogP contribution in [0.15, 0.2) is 60.8 Å². The van der Waals surface area contributed by atoms with Gasteiger partial charge in [-0.25, -0.2) is 4.68 Å². The van der Waals surface area contributed by atoms with E-state index in [9.17, 15) is 4.79 Å². The van der Waals surface area contributed by atoms with Crippen molar-refractivity contribution in [3.63, 3.8) is 0 Å². The summed E-state index contributed by atoms with van der Waals surface area (Å²) in [5, 5.41) is 7.53. The average Bonchev–Trinajstić information content (AvgIpc) is 3.01. The second-order valence-electron chi connectivity index (χ2n) is 6.03. The van der Waals surface area contributed by atoms with E-state index in [2.05, 4.69) is 10.4 Å². The molecule has 1 heterocycles. The van der Waals surface area contributed by atoms with Gasteiger partial charge in [0.25, 0.3) is 11.8 Å². The molecular formula is C20H20ClN3O2. The van der Waals surface area contributed by atoms with Crippen LogP contribution in [0.5, 0.6) is 5.88 Å². The largest absolute Gasteiger partial charge is 0.462 e. The number of aromatic nitrogens is 2. The van der Waals surface area contributed by atoms with Crippen molar-refractivity contribution in [3.05, 3.63) is 76.9 Å². The third kappa shape index (κ3) is 4.43. The van der Waals surface area contributed by atoms with E-state index in [0.29, 0.717) is 11.6 Å². The van der Waals surface area contributed by atoms with E-state index in [0.717, 1.165) is 16.8 Å². The number of carbonyl (C=O) groups excluding carboxylic acids is 1. The van der Waals surface area contributed by atoms with Crippen molar-refractivity contribution in [3.8, 4) is 11.6 Å². The average molecular weight is 370 g/mol. The van der Waals surface area contributed by atoms with Crippen LogP contribution in [0, 0.1) is 6.92 Å². The number of carbonyl (C=O) groups is 1. The maximum atomic E-state index is 12.3. The third-order valence-electron chi connectivity index (χ3n) is 3.87. The zero-order valence-electron chi connectivity index (χ0n) is 14.6. The first kappa shape index (κ1) is 18.0. The highest BCUT2D eigenvalue weighted by atomic mass is 35.5. The predicted molar refractivity (Wildman–Crippen MR) is 102 cm³/mol. The van der Waals surface area contributed by atoms with Gasteiger partial charge >= 0.3 is 0 Å². The first-order valence-electron chi connectivity index (χ1n) is 8.33. The molecule has 1 unspecified atom stereocenters. The number of ether oxygens (including phenoxy) is 1. The van der Waals surface area contributed by atoms with E-state index in [1.807, 2.05) is 61.5 Å². The van der Waals surface area contributed by atoms with Crippen LogP contribution < -0.4 is 10.1 Å². The summed E-state index contributed by atoms with van der Waals surface area (Å²) in [4.78, 5) is 12.3. The lowest BCUT2D eigenvalue weighted by Crippen LogP contribution is -2.36. The van der Waals surface area contributed by atoms with Gasteiger partial charge in [0.05, 0.1) is 11.9 Å². The highest BCUT2D eigenvalue weighted by Crippen LogP contribution is 2.25. The summed E-state index contributed by atoms with van der Waals surface area (Å²) >= 11 is 6.19. The Morgan fingerprint density at radius 3 is 2.73 bits per heavy atom. The molecule has 0 fully saturated rings. The van der Waals surface area contributed by atoms with Gasteiger partial charge in [0.1, 0.15) is 5.02 Å². The molecule has 0 spiro atoms.